The average molecular weight is 555 g/mol. The van der Waals surface area contributed by atoms with Crippen LogP contribution in [-0.4, -0.2) is 60.3 Å². The van der Waals surface area contributed by atoms with Crippen LogP contribution in [0.4, 0.5) is 15.8 Å². The van der Waals surface area contributed by atoms with Gasteiger partial charge >= 0.3 is 0 Å². The van der Waals surface area contributed by atoms with Crippen LogP contribution in [0.5, 0.6) is 0 Å². The normalized spacial score (nSPS) is 15.5. The predicted octanol–water partition coefficient (Wildman–Crippen LogP) is 2.71. The second-order valence-corrected chi connectivity index (χ2v) is 10.2. The van der Waals surface area contributed by atoms with E-state index in [4.69, 9.17) is 16.2 Å². The molecule has 2 aromatic carbocycles. The number of anilines is 2. The molecule has 0 radical (unpaired) electrons. The highest BCUT2D eigenvalue weighted by Gasteiger charge is 2.35. The Bertz CT molecular complexity index is 1320. The lowest BCUT2D eigenvalue weighted by Gasteiger charge is -2.32. The number of ether oxygens (including phenoxy) is 1. The topological polar surface area (TPSA) is 144 Å². The third kappa shape index (κ3) is 6.52. The highest BCUT2D eigenvalue weighted by molar-refractivity contribution is 7.09. The van der Waals surface area contributed by atoms with Crippen molar-refractivity contribution in [3.63, 3.8) is 0 Å². The Hall–Kier alpha value is -4.03. The minimum Gasteiger partial charge on any atom is -0.395 e. The molecule has 1 aliphatic rings. The average Bonchev–Trinajstić information content (AvgIpc) is 3.58. The zero-order valence-corrected chi connectivity index (χ0v) is 22.5. The summed E-state index contributed by atoms with van der Waals surface area (Å²) in [6.45, 7) is 0.881. The number of primary amides is 1. The summed E-state index contributed by atoms with van der Waals surface area (Å²) in [5, 5.41) is 2.93. The van der Waals surface area contributed by atoms with Crippen LogP contribution in [0, 0.1) is 5.82 Å². The third-order valence-electron chi connectivity index (χ3n) is 6.50. The predicted molar refractivity (Wildman–Crippen MR) is 147 cm³/mol. The number of carbonyl (C=O) groups is 3. The van der Waals surface area contributed by atoms with Gasteiger partial charge in [-0.1, -0.05) is 24.3 Å². The molecule has 2 unspecified atom stereocenters. The molecule has 10 nitrogen and oxygen atoms in total. The van der Waals surface area contributed by atoms with E-state index < -0.39 is 29.6 Å². The summed E-state index contributed by atoms with van der Waals surface area (Å²) < 4.78 is 23.3. The second kappa shape index (κ2) is 12.2. The van der Waals surface area contributed by atoms with E-state index in [0.29, 0.717) is 17.7 Å². The Balaban J connectivity index is 1.76. The molecule has 0 aliphatic carbocycles. The number of amides is 3. The molecule has 3 amide bonds. The van der Waals surface area contributed by atoms with Crippen molar-refractivity contribution >= 4 is 40.6 Å². The number of hydrogen-bond donors (Lipinski definition) is 3. The van der Waals surface area contributed by atoms with E-state index in [9.17, 15) is 18.8 Å². The van der Waals surface area contributed by atoms with Gasteiger partial charge in [0, 0.05) is 39.5 Å². The van der Waals surface area contributed by atoms with Gasteiger partial charge in [-0.3, -0.25) is 14.4 Å². The summed E-state index contributed by atoms with van der Waals surface area (Å²) in [4.78, 5) is 42.8. The first-order valence-electron chi connectivity index (χ1n) is 12.4. The lowest BCUT2D eigenvalue weighted by atomic mass is 10.0. The summed E-state index contributed by atoms with van der Waals surface area (Å²) >= 11 is 0.733. The van der Waals surface area contributed by atoms with Crippen LogP contribution < -0.4 is 21.7 Å². The van der Waals surface area contributed by atoms with E-state index in [1.807, 2.05) is 31.1 Å². The van der Waals surface area contributed by atoms with Gasteiger partial charge < -0.3 is 31.3 Å². The molecule has 206 valence electrons. The van der Waals surface area contributed by atoms with Crippen molar-refractivity contribution in [1.29, 1.82) is 0 Å². The van der Waals surface area contributed by atoms with E-state index in [-0.39, 0.29) is 35.5 Å². The van der Waals surface area contributed by atoms with Crippen molar-refractivity contribution < 1.29 is 23.5 Å². The first-order valence-corrected chi connectivity index (χ1v) is 13.2. The van der Waals surface area contributed by atoms with Crippen molar-refractivity contribution in [3.8, 4) is 0 Å². The molecular weight excluding hydrogens is 523 g/mol. The monoisotopic (exact) mass is 554 g/mol. The fraction of sp³-hybridized carbons (Fsp3) is 0.333. The van der Waals surface area contributed by atoms with E-state index in [1.54, 1.807) is 12.1 Å². The van der Waals surface area contributed by atoms with Crippen molar-refractivity contribution in [1.82, 2.24) is 14.6 Å². The first kappa shape index (κ1) is 28.0. The lowest BCUT2D eigenvalue weighted by molar-refractivity contribution is -0.126. The maximum atomic E-state index is 14.0. The molecule has 0 saturated carbocycles. The maximum Gasteiger partial charge on any atom is 0.270 e. The molecule has 2 atom stereocenters. The number of rotatable bonds is 10. The standard InChI is InChI=1S/C27H31FN6O4S/c1-33(2)19-11-7-17(8-12-19)23(26(36)31-14-20-4-3-13-38-20)34(15-16-5-9-18(28)10-6-16)27(37)24-21(29)22(25(30)35)32-39-24/h5-12,20,23H,3-4,13-15,29H2,1-2H3,(H2,30,35)(H,31,36). The number of nitrogen functional groups attached to an aromatic ring is 1. The Kier molecular flexibility index (Phi) is 8.77. The molecule has 12 heteroatoms. The summed E-state index contributed by atoms with van der Waals surface area (Å²) in [5.41, 5.74) is 13.1. The van der Waals surface area contributed by atoms with E-state index >= 15 is 0 Å². The van der Waals surface area contributed by atoms with Crippen LogP contribution in [0.2, 0.25) is 0 Å². The summed E-state index contributed by atoms with van der Waals surface area (Å²) in [6, 6.07) is 11.8. The van der Waals surface area contributed by atoms with Crippen LogP contribution in [0.15, 0.2) is 48.5 Å². The third-order valence-corrected chi connectivity index (χ3v) is 7.35. The zero-order valence-electron chi connectivity index (χ0n) is 21.7. The fourth-order valence-electron chi connectivity index (χ4n) is 4.37. The molecule has 4 rings (SSSR count). The first-order chi connectivity index (χ1) is 18.7. The minimum atomic E-state index is -1.08. The molecule has 1 aliphatic heterocycles. The van der Waals surface area contributed by atoms with Crippen molar-refractivity contribution in [2.24, 2.45) is 5.73 Å². The van der Waals surface area contributed by atoms with Crippen molar-refractivity contribution in [2.45, 2.75) is 31.5 Å². The summed E-state index contributed by atoms with van der Waals surface area (Å²) in [5.74, 6) is -2.33. The molecule has 1 fully saturated rings. The number of nitrogens with one attached hydrogen (secondary N) is 1. The Morgan fingerprint density at radius 3 is 2.41 bits per heavy atom. The molecule has 1 saturated heterocycles. The van der Waals surface area contributed by atoms with Gasteiger partial charge in [-0.05, 0) is 59.8 Å². The number of benzene rings is 2. The van der Waals surface area contributed by atoms with Crippen molar-refractivity contribution in [2.75, 3.05) is 37.9 Å². The van der Waals surface area contributed by atoms with Crippen molar-refractivity contribution in [3.05, 3.63) is 76.0 Å². The van der Waals surface area contributed by atoms with Crippen LogP contribution in [0.1, 0.15) is 50.2 Å². The molecule has 39 heavy (non-hydrogen) atoms. The molecule has 3 aromatic rings. The number of nitrogens with zero attached hydrogens (tertiary/aromatic N) is 3. The van der Waals surface area contributed by atoms with Gasteiger partial charge in [-0.25, -0.2) is 4.39 Å². The molecule has 0 bridgehead atoms. The van der Waals surface area contributed by atoms with Gasteiger partial charge in [0.05, 0.1) is 11.8 Å². The smallest absolute Gasteiger partial charge is 0.270 e. The number of halogens is 1. The number of hydrogen-bond acceptors (Lipinski definition) is 8. The van der Waals surface area contributed by atoms with E-state index in [1.165, 1.54) is 29.2 Å². The largest absolute Gasteiger partial charge is 0.395 e. The maximum absolute atomic E-state index is 14.0. The molecule has 2 heterocycles. The van der Waals surface area contributed by atoms with Crippen LogP contribution >= 0.6 is 11.5 Å². The number of carbonyl (C=O) groups excluding carboxylic acids is 3. The molecule has 1 aromatic heterocycles. The Labute approximate surface area is 229 Å². The summed E-state index contributed by atoms with van der Waals surface area (Å²) in [7, 11) is 3.79. The lowest BCUT2D eigenvalue weighted by Crippen LogP contribution is -2.45. The van der Waals surface area contributed by atoms with Gasteiger partial charge in [-0.2, -0.15) is 4.37 Å². The Morgan fingerprint density at radius 1 is 1.15 bits per heavy atom. The fourth-order valence-corrected chi connectivity index (χ4v) is 5.13. The van der Waals surface area contributed by atoms with Gasteiger partial charge in [0.25, 0.3) is 11.8 Å². The van der Waals surface area contributed by atoms with Crippen LogP contribution in [-0.2, 0) is 16.1 Å². The van der Waals surface area contributed by atoms with Crippen LogP contribution in [0.25, 0.3) is 0 Å². The van der Waals surface area contributed by atoms with E-state index in [0.717, 1.165) is 30.1 Å². The SMILES string of the molecule is CN(C)c1ccc(C(C(=O)NCC2CCCO2)N(Cc2ccc(F)cc2)C(=O)c2snc(C(N)=O)c2N)cc1. The highest BCUT2D eigenvalue weighted by Crippen LogP contribution is 2.31. The zero-order chi connectivity index (χ0) is 28.1. The number of nitrogens with two attached hydrogens (primary N) is 2. The quantitative estimate of drug-likeness (QED) is 0.350. The van der Waals surface area contributed by atoms with Gasteiger partial charge in [-0.15, -0.1) is 0 Å². The Morgan fingerprint density at radius 2 is 1.85 bits per heavy atom. The van der Waals surface area contributed by atoms with Crippen LogP contribution in [0.3, 0.4) is 0 Å². The summed E-state index contributed by atoms with van der Waals surface area (Å²) in [6.07, 6.45) is 1.63. The number of aromatic nitrogens is 1. The molecule has 0 spiro atoms. The molecule has 5 N–H and O–H groups in total. The van der Waals surface area contributed by atoms with Gasteiger partial charge in [0.1, 0.15) is 16.7 Å². The minimum absolute atomic E-state index is 0.0206. The van der Waals surface area contributed by atoms with Gasteiger partial charge in [0.15, 0.2) is 5.69 Å². The van der Waals surface area contributed by atoms with E-state index in [2.05, 4.69) is 9.69 Å². The highest BCUT2D eigenvalue weighted by atomic mass is 32.1. The molecular formula is C27H31FN6O4S. The van der Waals surface area contributed by atoms with Gasteiger partial charge in [0.2, 0.25) is 5.91 Å². The second-order valence-electron chi connectivity index (χ2n) is 9.47.